The molecule has 0 spiro atoms. The van der Waals surface area contributed by atoms with Crippen LogP contribution in [0, 0.1) is 0 Å². The van der Waals surface area contributed by atoms with Crippen molar-refractivity contribution in [1.29, 1.82) is 0 Å². The molecule has 0 atom stereocenters. The number of rotatable bonds is 4. The average molecular weight is 227 g/mol. The second-order valence-electron chi connectivity index (χ2n) is 3.09. The highest BCUT2D eigenvalue weighted by atomic mass is 16.5. The van der Waals surface area contributed by atoms with E-state index < -0.39 is 17.2 Å². The molecule has 0 fully saturated rings. The first-order valence-corrected chi connectivity index (χ1v) is 4.79. The smallest absolute Gasteiger partial charge is 0.328 e. The fraction of sp³-hybridized carbons (Fsp3) is 0.444. The molecule has 0 unspecified atom stereocenters. The maximum atomic E-state index is 11.3. The largest absolute Gasteiger partial charge is 0.466 e. The number of hydrogen-bond donors (Lipinski definition) is 2. The molecule has 0 aliphatic heterocycles. The van der Waals surface area contributed by atoms with Crippen molar-refractivity contribution in [3.05, 3.63) is 27.0 Å². The third-order valence-corrected chi connectivity index (χ3v) is 1.90. The van der Waals surface area contributed by atoms with Crippen molar-refractivity contribution in [2.24, 2.45) is 0 Å². The van der Waals surface area contributed by atoms with Crippen LogP contribution in [0.4, 0.5) is 5.69 Å². The minimum absolute atomic E-state index is 0.0548. The number of nitrogens with one attached hydrogen (secondary N) is 1. The first kappa shape index (κ1) is 12.0. The number of carbonyl (C=O) groups is 1. The predicted octanol–water partition coefficient (Wildman–Crippen LogP) is -0.928. The molecule has 1 rings (SSSR count). The van der Waals surface area contributed by atoms with Gasteiger partial charge in [-0.05, 0) is 6.92 Å². The first-order chi connectivity index (χ1) is 7.54. The van der Waals surface area contributed by atoms with Gasteiger partial charge in [0.2, 0.25) is 0 Å². The Morgan fingerprint density at radius 2 is 2.25 bits per heavy atom. The molecule has 0 aliphatic rings. The summed E-state index contributed by atoms with van der Waals surface area (Å²) in [5.74, 6) is -0.404. The normalized spacial score (nSPS) is 10.1. The van der Waals surface area contributed by atoms with Crippen LogP contribution in [0.3, 0.4) is 0 Å². The summed E-state index contributed by atoms with van der Waals surface area (Å²) in [5, 5.41) is 0. The zero-order valence-corrected chi connectivity index (χ0v) is 8.86. The van der Waals surface area contributed by atoms with E-state index in [9.17, 15) is 14.4 Å². The Balaban J connectivity index is 2.75. The molecular formula is C9H13N3O4. The van der Waals surface area contributed by atoms with Crippen LogP contribution in [-0.4, -0.2) is 22.1 Å². The SMILES string of the molecule is CCOC(=O)CCn1cc(N)c(=O)[nH]c1=O. The van der Waals surface area contributed by atoms with E-state index in [1.807, 2.05) is 4.98 Å². The lowest BCUT2D eigenvalue weighted by Crippen LogP contribution is -2.31. The fourth-order valence-corrected chi connectivity index (χ4v) is 1.14. The number of aromatic amines is 1. The van der Waals surface area contributed by atoms with Crippen molar-refractivity contribution in [3.8, 4) is 0 Å². The van der Waals surface area contributed by atoms with E-state index >= 15 is 0 Å². The van der Waals surface area contributed by atoms with Gasteiger partial charge in [0.1, 0.15) is 5.69 Å². The number of nitrogens with zero attached hydrogens (tertiary/aromatic N) is 1. The van der Waals surface area contributed by atoms with E-state index in [4.69, 9.17) is 10.5 Å². The molecule has 16 heavy (non-hydrogen) atoms. The Morgan fingerprint density at radius 3 is 2.88 bits per heavy atom. The number of nitrogen functional groups attached to an aromatic ring is 1. The Kier molecular flexibility index (Phi) is 3.87. The van der Waals surface area contributed by atoms with Crippen LogP contribution in [0.25, 0.3) is 0 Å². The Bertz CT molecular complexity index is 488. The monoisotopic (exact) mass is 227 g/mol. The standard InChI is InChI=1S/C9H13N3O4/c1-2-16-7(13)3-4-12-5-6(10)8(14)11-9(12)15/h5H,2-4,10H2,1H3,(H,11,14,15). The molecule has 7 heteroatoms. The van der Waals surface area contributed by atoms with Gasteiger partial charge >= 0.3 is 11.7 Å². The van der Waals surface area contributed by atoms with E-state index in [1.54, 1.807) is 6.92 Å². The summed E-state index contributed by atoms with van der Waals surface area (Å²) < 4.78 is 5.86. The summed E-state index contributed by atoms with van der Waals surface area (Å²) in [6.07, 6.45) is 1.26. The van der Waals surface area contributed by atoms with E-state index in [2.05, 4.69) is 0 Å². The molecule has 3 N–H and O–H groups in total. The van der Waals surface area contributed by atoms with Crippen molar-refractivity contribution < 1.29 is 9.53 Å². The van der Waals surface area contributed by atoms with Crippen molar-refractivity contribution in [3.63, 3.8) is 0 Å². The molecule has 1 aromatic rings. The van der Waals surface area contributed by atoms with Crippen LogP contribution in [0.5, 0.6) is 0 Å². The lowest BCUT2D eigenvalue weighted by Gasteiger charge is -2.05. The third kappa shape index (κ3) is 2.97. The summed E-state index contributed by atoms with van der Waals surface area (Å²) in [5.41, 5.74) is 4.05. The van der Waals surface area contributed by atoms with E-state index in [0.29, 0.717) is 6.61 Å². The maximum Gasteiger partial charge on any atom is 0.328 e. The van der Waals surface area contributed by atoms with Crippen LogP contribution in [0.2, 0.25) is 0 Å². The lowest BCUT2D eigenvalue weighted by atomic mass is 10.4. The van der Waals surface area contributed by atoms with E-state index in [1.165, 1.54) is 6.20 Å². The third-order valence-electron chi connectivity index (χ3n) is 1.90. The highest BCUT2D eigenvalue weighted by Crippen LogP contribution is 1.92. The molecule has 0 saturated heterocycles. The second kappa shape index (κ2) is 5.15. The van der Waals surface area contributed by atoms with Crippen LogP contribution in [0.15, 0.2) is 15.8 Å². The maximum absolute atomic E-state index is 11.3. The number of hydrogen-bond acceptors (Lipinski definition) is 5. The summed E-state index contributed by atoms with van der Waals surface area (Å²) in [4.78, 5) is 35.3. The Hall–Kier alpha value is -2.05. The van der Waals surface area contributed by atoms with Gasteiger partial charge in [-0.25, -0.2) is 4.79 Å². The number of carbonyl (C=O) groups excluding carboxylic acids is 1. The highest BCUT2D eigenvalue weighted by molar-refractivity contribution is 5.69. The zero-order valence-electron chi connectivity index (χ0n) is 8.86. The molecule has 7 nitrogen and oxygen atoms in total. The zero-order chi connectivity index (χ0) is 12.1. The Morgan fingerprint density at radius 1 is 1.56 bits per heavy atom. The van der Waals surface area contributed by atoms with Gasteiger partial charge in [-0.2, -0.15) is 0 Å². The molecular weight excluding hydrogens is 214 g/mol. The number of aromatic nitrogens is 2. The molecule has 0 aliphatic carbocycles. The molecule has 1 aromatic heterocycles. The molecule has 0 amide bonds. The predicted molar refractivity (Wildman–Crippen MR) is 57.0 cm³/mol. The highest BCUT2D eigenvalue weighted by Gasteiger charge is 2.05. The molecule has 0 radical (unpaired) electrons. The molecule has 0 saturated carbocycles. The van der Waals surface area contributed by atoms with Crippen molar-refractivity contribution in [2.45, 2.75) is 19.9 Å². The fourth-order valence-electron chi connectivity index (χ4n) is 1.14. The van der Waals surface area contributed by atoms with Crippen molar-refractivity contribution >= 4 is 11.7 Å². The molecule has 1 heterocycles. The Labute approximate surface area is 90.8 Å². The van der Waals surface area contributed by atoms with Gasteiger partial charge in [0.15, 0.2) is 0 Å². The lowest BCUT2D eigenvalue weighted by molar-refractivity contribution is -0.143. The van der Waals surface area contributed by atoms with E-state index in [0.717, 1.165) is 4.57 Å². The minimum Gasteiger partial charge on any atom is -0.466 e. The van der Waals surface area contributed by atoms with Gasteiger partial charge in [-0.3, -0.25) is 19.1 Å². The van der Waals surface area contributed by atoms with Gasteiger partial charge in [-0.15, -0.1) is 0 Å². The van der Waals surface area contributed by atoms with Gasteiger partial charge in [0.25, 0.3) is 5.56 Å². The molecule has 0 bridgehead atoms. The number of anilines is 1. The number of nitrogens with two attached hydrogens (primary N) is 1. The molecule has 88 valence electrons. The number of aryl methyl sites for hydroxylation is 1. The number of esters is 1. The summed E-state index contributed by atoms with van der Waals surface area (Å²) in [6.45, 7) is 2.11. The summed E-state index contributed by atoms with van der Waals surface area (Å²) in [6, 6.07) is 0. The van der Waals surface area contributed by atoms with Gasteiger partial charge < -0.3 is 10.5 Å². The number of ether oxygens (including phenoxy) is 1. The summed E-state index contributed by atoms with van der Waals surface area (Å²) in [7, 11) is 0. The minimum atomic E-state index is -0.627. The van der Waals surface area contributed by atoms with Crippen LogP contribution < -0.4 is 17.0 Å². The van der Waals surface area contributed by atoms with Crippen LogP contribution in [-0.2, 0) is 16.1 Å². The number of H-pyrrole nitrogens is 1. The van der Waals surface area contributed by atoms with Crippen LogP contribution >= 0.6 is 0 Å². The second-order valence-corrected chi connectivity index (χ2v) is 3.09. The van der Waals surface area contributed by atoms with Crippen molar-refractivity contribution in [1.82, 2.24) is 9.55 Å². The van der Waals surface area contributed by atoms with E-state index in [-0.39, 0.29) is 18.7 Å². The van der Waals surface area contributed by atoms with Crippen molar-refractivity contribution in [2.75, 3.05) is 12.3 Å². The topological polar surface area (TPSA) is 107 Å². The average Bonchev–Trinajstić information content (AvgIpc) is 2.22. The first-order valence-electron chi connectivity index (χ1n) is 4.79. The summed E-state index contributed by atoms with van der Waals surface area (Å²) >= 11 is 0. The molecule has 0 aromatic carbocycles. The van der Waals surface area contributed by atoms with Gasteiger partial charge in [0.05, 0.1) is 13.0 Å². The van der Waals surface area contributed by atoms with Gasteiger partial charge in [-0.1, -0.05) is 0 Å². The van der Waals surface area contributed by atoms with Crippen LogP contribution in [0.1, 0.15) is 13.3 Å². The van der Waals surface area contributed by atoms with Gasteiger partial charge in [0, 0.05) is 12.7 Å². The quantitative estimate of drug-likeness (QED) is 0.646.